The highest BCUT2D eigenvalue weighted by Crippen LogP contribution is 2.37. The summed E-state index contributed by atoms with van der Waals surface area (Å²) in [4.78, 5) is 24.4. The van der Waals surface area contributed by atoms with Gasteiger partial charge in [0.1, 0.15) is 5.75 Å². The summed E-state index contributed by atoms with van der Waals surface area (Å²) in [5.41, 5.74) is 0.634. The first-order valence-electron chi connectivity index (χ1n) is 4.99. The van der Waals surface area contributed by atoms with Gasteiger partial charge in [-0.15, -0.1) is 11.8 Å². The fourth-order valence-electron chi connectivity index (χ4n) is 1.65. The molecule has 0 saturated carbocycles. The number of methoxy groups -OCH3 is 1. The second-order valence-electron chi connectivity index (χ2n) is 3.44. The molecule has 0 saturated heterocycles. The van der Waals surface area contributed by atoms with Crippen LogP contribution in [0.3, 0.4) is 0 Å². The summed E-state index contributed by atoms with van der Waals surface area (Å²) in [7, 11) is 1.56. The summed E-state index contributed by atoms with van der Waals surface area (Å²) < 4.78 is 5.09. The van der Waals surface area contributed by atoms with Gasteiger partial charge in [0.25, 0.3) is 0 Å². The fourth-order valence-corrected chi connectivity index (χ4v) is 2.67. The maximum absolute atomic E-state index is 11.5. The monoisotopic (exact) mass is 253 g/mol. The Bertz CT molecular complexity index is 475. The van der Waals surface area contributed by atoms with Crippen LogP contribution in [0.1, 0.15) is 0 Å². The lowest BCUT2D eigenvalue weighted by Crippen LogP contribution is -2.39. The highest BCUT2D eigenvalue weighted by molar-refractivity contribution is 7.99. The number of carbonyl (C=O) groups excluding carboxylic acids is 1. The van der Waals surface area contributed by atoms with Crippen LogP contribution in [-0.2, 0) is 9.59 Å². The first kappa shape index (κ1) is 11.8. The number of amides is 1. The average Bonchev–Trinajstić information content (AvgIpc) is 2.36. The van der Waals surface area contributed by atoms with Crippen LogP contribution in [0.4, 0.5) is 5.69 Å². The van der Waals surface area contributed by atoms with Crippen LogP contribution >= 0.6 is 11.8 Å². The molecule has 0 bridgehead atoms. The molecule has 0 fully saturated rings. The molecule has 17 heavy (non-hydrogen) atoms. The third-order valence-corrected chi connectivity index (χ3v) is 3.48. The number of carboxylic acids is 1. The van der Waals surface area contributed by atoms with E-state index in [1.54, 1.807) is 37.1 Å². The second kappa shape index (κ2) is 4.67. The molecular formula is C11H11NO4S. The van der Waals surface area contributed by atoms with Crippen molar-refractivity contribution in [2.45, 2.75) is 4.90 Å². The number of carbonyl (C=O) groups is 2. The van der Waals surface area contributed by atoms with Crippen molar-refractivity contribution in [3.05, 3.63) is 18.2 Å². The summed E-state index contributed by atoms with van der Waals surface area (Å²) >= 11 is 1.58. The Morgan fingerprint density at radius 2 is 2.24 bits per heavy atom. The van der Waals surface area contributed by atoms with Gasteiger partial charge in [0.05, 0.1) is 12.8 Å². The summed E-state index contributed by atoms with van der Waals surface area (Å²) in [6.07, 6.45) is 0. The van der Waals surface area contributed by atoms with Gasteiger partial charge >= 0.3 is 11.9 Å². The van der Waals surface area contributed by atoms with Crippen molar-refractivity contribution in [3.63, 3.8) is 0 Å². The zero-order valence-electron chi connectivity index (χ0n) is 9.17. The topological polar surface area (TPSA) is 66.8 Å². The molecule has 1 aromatic rings. The number of carboxylic acid groups (broad SMARTS) is 1. The van der Waals surface area contributed by atoms with Gasteiger partial charge in [0.2, 0.25) is 0 Å². The Hall–Kier alpha value is -1.69. The molecule has 1 amide bonds. The lowest BCUT2D eigenvalue weighted by Gasteiger charge is -2.27. The Kier molecular flexibility index (Phi) is 3.23. The van der Waals surface area contributed by atoms with Crippen molar-refractivity contribution in [2.24, 2.45) is 0 Å². The lowest BCUT2D eigenvalue weighted by molar-refractivity contribution is -0.148. The molecule has 90 valence electrons. The third kappa shape index (κ3) is 2.21. The summed E-state index contributed by atoms with van der Waals surface area (Å²) in [5.74, 6) is -0.949. The molecule has 0 aromatic heterocycles. The molecule has 0 radical (unpaired) electrons. The van der Waals surface area contributed by atoms with Crippen LogP contribution in [0.2, 0.25) is 0 Å². The van der Waals surface area contributed by atoms with Crippen molar-refractivity contribution in [3.8, 4) is 5.75 Å². The van der Waals surface area contributed by atoms with Crippen molar-refractivity contribution >= 4 is 29.3 Å². The fraction of sp³-hybridized carbons (Fsp3) is 0.273. The number of aliphatic carboxylic acids is 1. The number of thioether (sulfide) groups is 1. The zero-order chi connectivity index (χ0) is 12.4. The maximum Gasteiger partial charge on any atom is 0.394 e. The molecule has 0 unspecified atom stereocenters. The van der Waals surface area contributed by atoms with Gasteiger partial charge in [0, 0.05) is 17.2 Å². The normalized spacial score (nSPS) is 14.1. The van der Waals surface area contributed by atoms with Crippen LogP contribution in [0, 0.1) is 0 Å². The Balaban J connectivity index is 2.38. The van der Waals surface area contributed by atoms with Crippen LogP contribution in [0.25, 0.3) is 0 Å². The van der Waals surface area contributed by atoms with Crippen LogP contribution in [-0.4, -0.2) is 36.4 Å². The van der Waals surface area contributed by atoms with Gasteiger partial charge in [-0.3, -0.25) is 4.79 Å². The highest BCUT2D eigenvalue weighted by Gasteiger charge is 2.27. The number of ether oxygens (including phenoxy) is 1. The molecule has 0 spiro atoms. The quantitative estimate of drug-likeness (QED) is 0.762. The standard InChI is InChI=1S/C11H11NO4S/c1-16-7-2-3-8-9(6-7)17-5-4-12(8)10(13)11(14)15/h2-3,6H,4-5H2,1H3,(H,14,15). The van der Waals surface area contributed by atoms with Gasteiger partial charge in [-0.25, -0.2) is 4.79 Å². The molecule has 1 aromatic carbocycles. The first-order chi connectivity index (χ1) is 8.13. The van der Waals surface area contributed by atoms with E-state index < -0.39 is 11.9 Å². The van der Waals surface area contributed by atoms with Gasteiger partial charge < -0.3 is 14.7 Å². The van der Waals surface area contributed by atoms with E-state index in [2.05, 4.69) is 0 Å². The van der Waals surface area contributed by atoms with Crippen LogP contribution < -0.4 is 9.64 Å². The van der Waals surface area contributed by atoms with E-state index >= 15 is 0 Å². The SMILES string of the molecule is COc1ccc2c(c1)SCCN2C(=O)C(=O)O. The van der Waals surface area contributed by atoms with Crippen molar-refractivity contribution < 1.29 is 19.4 Å². The maximum atomic E-state index is 11.5. The second-order valence-corrected chi connectivity index (χ2v) is 4.58. The number of rotatable bonds is 1. The Labute approximate surface area is 102 Å². The van der Waals surface area contributed by atoms with Crippen LogP contribution in [0.15, 0.2) is 23.1 Å². The molecule has 6 heteroatoms. The van der Waals surface area contributed by atoms with Crippen molar-refractivity contribution in [1.82, 2.24) is 0 Å². The van der Waals surface area contributed by atoms with E-state index in [1.807, 2.05) is 0 Å². The minimum atomic E-state index is -1.43. The third-order valence-electron chi connectivity index (χ3n) is 2.46. The predicted molar refractivity (Wildman–Crippen MR) is 63.7 cm³/mol. The minimum absolute atomic E-state index is 0.412. The van der Waals surface area contributed by atoms with E-state index in [4.69, 9.17) is 9.84 Å². The summed E-state index contributed by atoms with van der Waals surface area (Å²) in [5, 5.41) is 8.74. The number of fused-ring (bicyclic) bond motifs is 1. The Morgan fingerprint density at radius 1 is 1.47 bits per heavy atom. The van der Waals surface area contributed by atoms with E-state index in [0.717, 1.165) is 4.90 Å². The molecule has 0 aliphatic carbocycles. The van der Waals surface area contributed by atoms with Gasteiger partial charge in [0.15, 0.2) is 0 Å². The number of anilines is 1. The average molecular weight is 253 g/mol. The molecule has 1 aliphatic heterocycles. The van der Waals surface area contributed by atoms with Crippen molar-refractivity contribution in [2.75, 3.05) is 24.3 Å². The van der Waals surface area contributed by atoms with E-state index in [9.17, 15) is 9.59 Å². The largest absolute Gasteiger partial charge is 0.497 e. The van der Waals surface area contributed by atoms with E-state index in [0.29, 0.717) is 23.7 Å². The number of benzene rings is 1. The molecular weight excluding hydrogens is 242 g/mol. The number of hydrogen-bond acceptors (Lipinski definition) is 4. The highest BCUT2D eigenvalue weighted by atomic mass is 32.2. The lowest BCUT2D eigenvalue weighted by atomic mass is 10.2. The molecule has 0 atom stereocenters. The van der Waals surface area contributed by atoms with Crippen LogP contribution in [0.5, 0.6) is 5.75 Å². The molecule has 5 nitrogen and oxygen atoms in total. The molecule has 1 N–H and O–H groups in total. The van der Waals surface area contributed by atoms with E-state index in [-0.39, 0.29) is 0 Å². The van der Waals surface area contributed by atoms with Gasteiger partial charge in [-0.1, -0.05) is 0 Å². The summed E-state index contributed by atoms with van der Waals surface area (Å²) in [6.45, 7) is 0.412. The van der Waals surface area contributed by atoms with Gasteiger partial charge in [-0.2, -0.15) is 0 Å². The number of nitrogens with zero attached hydrogens (tertiary/aromatic N) is 1. The van der Waals surface area contributed by atoms with Crippen molar-refractivity contribution in [1.29, 1.82) is 0 Å². The van der Waals surface area contributed by atoms with Gasteiger partial charge in [-0.05, 0) is 18.2 Å². The predicted octanol–water partition coefficient (Wildman–Crippen LogP) is 1.22. The molecule has 2 rings (SSSR count). The smallest absolute Gasteiger partial charge is 0.394 e. The first-order valence-corrected chi connectivity index (χ1v) is 5.97. The zero-order valence-corrected chi connectivity index (χ0v) is 9.99. The summed E-state index contributed by atoms with van der Waals surface area (Å²) in [6, 6.07) is 5.23. The minimum Gasteiger partial charge on any atom is -0.497 e. The molecule has 1 heterocycles. The molecule has 1 aliphatic rings. The number of hydrogen-bond donors (Lipinski definition) is 1. The van der Waals surface area contributed by atoms with E-state index in [1.165, 1.54) is 4.90 Å². The Morgan fingerprint density at radius 3 is 2.88 bits per heavy atom.